The molecule has 0 saturated heterocycles. The van der Waals surface area contributed by atoms with Crippen LogP contribution in [-0.4, -0.2) is 46.1 Å². The van der Waals surface area contributed by atoms with Gasteiger partial charge in [0.1, 0.15) is 42.8 Å². The minimum atomic E-state index is -4.56. The quantitative estimate of drug-likeness (QED) is 0.418. The number of rotatable bonds is 2. The molecule has 0 atom stereocenters. The van der Waals surface area contributed by atoms with Crippen LogP contribution in [0.2, 0.25) is 0 Å². The lowest BCUT2D eigenvalue weighted by atomic mass is 10.2. The Bertz CT molecular complexity index is 1520. The molecule has 12 heteroatoms. The molecule has 0 spiro atoms. The summed E-state index contributed by atoms with van der Waals surface area (Å²) >= 11 is 0. The summed E-state index contributed by atoms with van der Waals surface area (Å²) in [4.78, 5) is 7.06. The minimum absolute atomic E-state index is 0.106. The van der Waals surface area contributed by atoms with Gasteiger partial charge in [-0.2, -0.15) is 0 Å². The van der Waals surface area contributed by atoms with Gasteiger partial charge in [-0.15, -0.1) is 0 Å². The van der Waals surface area contributed by atoms with Crippen LogP contribution in [0.1, 0.15) is 5.69 Å². The van der Waals surface area contributed by atoms with Crippen molar-refractivity contribution in [3.8, 4) is 11.5 Å². The Balaban J connectivity index is 0.000000176. The third kappa shape index (κ3) is 4.72. The number of hydrogen-bond acceptors (Lipinski definition) is 10. The Hall–Kier alpha value is -3.32. The van der Waals surface area contributed by atoms with E-state index in [1.165, 1.54) is 24.4 Å². The summed E-state index contributed by atoms with van der Waals surface area (Å²) in [7, 11) is -9.11. The predicted molar refractivity (Wildman–Crippen MR) is 107 cm³/mol. The van der Waals surface area contributed by atoms with Crippen LogP contribution in [0.15, 0.2) is 64.5 Å². The first-order valence-corrected chi connectivity index (χ1v) is 11.3. The van der Waals surface area contributed by atoms with E-state index in [9.17, 15) is 36.2 Å². The number of fused-ring (bicyclic) bond motifs is 2. The van der Waals surface area contributed by atoms with Crippen molar-refractivity contribution >= 4 is 42.0 Å². The SMILES string of the molecule is Cc1ccc2c(S(=O)(=O)[O-])ccc(O)c2n1.O=S(=O)([O-])c1ccc(O)c2ncccc12. The van der Waals surface area contributed by atoms with Gasteiger partial charge >= 0.3 is 0 Å². The molecule has 2 aromatic carbocycles. The average Bonchev–Trinajstić information content (AvgIpc) is 2.68. The second kappa shape index (κ2) is 8.07. The topological polar surface area (TPSA) is 181 Å². The van der Waals surface area contributed by atoms with E-state index in [1.807, 2.05) is 0 Å². The smallest absolute Gasteiger partial charge is 0.141 e. The molecule has 2 N–H and O–H groups in total. The summed E-state index contributed by atoms with van der Waals surface area (Å²) < 4.78 is 65.6. The molecule has 4 rings (SSSR count). The van der Waals surface area contributed by atoms with E-state index in [0.717, 1.165) is 24.3 Å². The van der Waals surface area contributed by atoms with Crippen molar-refractivity contribution in [2.75, 3.05) is 0 Å². The van der Waals surface area contributed by atoms with Gasteiger partial charge in [-0.05, 0) is 55.5 Å². The molecule has 0 amide bonds. The highest BCUT2D eigenvalue weighted by molar-refractivity contribution is 7.86. The van der Waals surface area contributed by atoms with Crippen molar-refractivity contribution in [3.05, 3.63) is 60.4 Å². The third-order valence-electron chi connectivity index (χ3n) is 4.18. The summed E-state index contributed by atoms with van der Waals surface area (Å²) in [6.07, 6.45) is 1.41. The summed E-state index contributed by atoms with van der Waals surface area (Å²) in [5.41, 5.74) is 0.856. The maximum atomic E-state index is 11.0. The molecule has 0 aliphatic heterocycles. The first-order chi connectivity index (χ1) is 14.4. The fraction of sp³-hybridized carbons (Fsp3) is 0.0526. The molecule has 0 unspecified atom stereocenters. The third-order valence-corrected chi connectivity index (χ3v) is 5.97. The maximum absolute atomic E-state index is 11.0. The summed E-state index contributed by atoms with van der Waals surface area (Å²) in [5, 5.41) is 19.2. The predicted octanol–water partition coefficient (Wildman–Crippen LogP) is 2.00. The Kier molecular flexibility index (Phi) is 5.83. The molecule has 0 aliphatic carbocycles. The van der Waals surface area contributed by atoms with E-state index >= 15 is 0 Å². The molecule has 0 bridgehead atoms. The standard InChI is InChI=1S/C10H9NO4S.C9H7NO4S/c1-6-2-3-7-9(16(13,14)15)5-4-8(12)10(7)11-6;11-7-3-4-8(15(12,13)14)6-2-1-5-10-9(6)7/h2-5,12H,1H3,(H,13,14,15);1-5,11H,(H,12,13,14)/p-2. The van der Waals surface area contributed by atoms with Crippen LogP contribution in [0.3, 0.4) is 0 Å². The lowest BCUT2D eigenvalue weighted by Gasteiger charge is -2.11. The molecule has 0 aliphatic rings. The molecule has 0 fully saturated rings. The van der Waals surface area contributed by atoms with E-state index < -0.39 is 20.2 Å². The lowest BCUT2D eigenvalue weighted by molar-refractivity contribution is 0.460. The lowest BCUT2D eigenvalue weighted by Crippen LogP contribution is -2.00. The zero-order valence-corrected chi connectivity index (χ0v) is 17.4. The zero-order valence-electron chi connectivity index (χ0n) is 15.8. The fourth-order valence-electron chi connectivity index (χ4n) is 2.84. The molecule has 2 heterocycles. The monoisotopic (exact) mass is 462 g/mol. The second-order valence-corrected chi connectivity index (χ2v) is 9.02. The Morgan fingerprint density at radius 3 is 1.81 bits per heavy atom. The highest BCUT2D eigenvalue weighted by atomic mass is 32.2. The molecule has 2 aromatic heterocycles. The number of aryl methyl sites for hydroxylation is 1. The minimum Gasteiger partial charge on any atom is -0.744 e. The maximum Gasteiger partial charge on any atom is 0.141 e. The van der Waals surface area contributed by atoms with Crippen molar-refractivity contribution in [1.82, 2.24) is 9.97 Å². The van der Waals surface area contributed by atoms with Gasteiger partial charge in [0.2, 0.25) is 0 Å². The van der Waals surface area contributed by atoms with E-state index in [2.05, 4.69) is 9.97 Å². The van der Waals surface area contributed by atoms with Crippen LogP contribution in [0, 0.1) is 6.92 Å². The van der Waals surface area contributed by atoms with Crippen LogP contribution < -0.4 is 0 Å². The van der Waals surface area contributed by atoms with Crippen LogP contribution in [0.4, 0.5) is 0 Å². The van der Waals surface area contributed by atoms with Crippen LogP contribution in [0.5, 0.6) is 11.5 Å². The number of pyridine rings is 2. The Labute approximate surface area is 177 Å². The first-order valence-electron chi connectivity index (χ1n) is 8.47. The zero-order chi connectivity index (χ0) is 23.0. The van der Waals surface area contributed by atoms with E-state index in [-0.39, 0.29) is 43.1 Å². The summed E-state index contributed by atoms with van der Waals surface area (Å²) in [6.45, 7) is 1.71. The number of aromatic hydroxyl groups is 2. The second-order valence-electron chi connectivity index (χ2n) is 6.32. The van der Waals surface area contributed by atoms with Gasteiger partial charge in [-0.1, -0.05) is 0 Å². The van der Waals surface area contributed by atoms with Gasteiger partial charge in [0.15, 0.2) is 0 Å². The molecular formula is C19H14N2O8S2-2. The molecular weight excluding hydrogens is 448 g/mol. The van der Waals surface area contributed by atoms with Crippen molar-refractivity contribution in [2.24, 2.45) is 0 Å². The van der Waals surface area contributed by atoms with Gasteiger partial charge in [-0.25, -0.2) is 21.8 Å². The Morgan fingerprint density at radius 2 is 1.26 bits per heavy atom. The van der Waals surface area contributed by atoms with Crippen LogP contribution >= 0.6 is 0 Å². The van der Waals surface area contributed by atoms with Gasteiger partial charge in [0.05, 0.1) is 9.79 Å². The average molecular weight is 462 g/mol. The van der Waals surface area contributed by atoms with Gasteiger partial charge < -0.3 is 19.3 Å². The molecule has 0 saturated carbocycles. The van der Waals surface area contributed by atoms with Crippen molar-refractivity contribution in [1.29, 1.82) is 0 Å². The Morgan fingerprint density at radius 1 is 0.742 bits per heavy atom. The van der Waals surface area contributed by atoms with E-state index in [0.29, 0.717) is 5.69 Å². The number of aromatic nitrogens is 2. The highest BCUT2D eigenvalue weighted by Gasteiger charge is 2.11. The van der Waals surface area contributed by atoms with Crippen LogP contribution in [-0.2, 0) is 20.2 Å². The van der Waals surface area contributed by atoms with Crippen molar-refractivity contribution < 1.29 is 36.2 Å². The van der Waals surface area contributed by atoms with Crippen molar-refractivity contribution in [2.45, 2.75) is 16.7 Å². The number of benzene rings is 2. The molecule has 31 heavy (non-hydrogen) atoms. The van der Waals surface area contributed by atoms with Crippen molar-refractivity contribution in [3.63, 3.8) is 0 Å². The number of phenolic OH excluding ortho intramolecular Hbond substituents is 2. The first kappa shape index (κ1) is 22.4. The molecule has 162 valence electrons. The number of hydrogen-bond donors (Lipinski definition) is 2. The summed E-state index contributed by atoms with van der Waals surface area (Å²) in [6, 6.07) is 10.4. The van der Waals surface area contributed by atoms with Gasteiger partial charge in [0, 0.05) is 22.7 Å². The molecule has 10 nitrogen and oxygen atoms in total. The largest absolute Gasteiger partial charge is 0.744 e. The van der Waals surface area contributed by atoms with Crippen LogP contribution in [0.25, 0.3) is 21.8 Å². The van der Waals surface area contributed by atoms with Gasteiger partial charge in [0.25, 0.3) is 0 Å². The molecule has 4 aromatic rings. The fourth-order valence-corrected chi connectivity index (χ4v) is 4.18. The number of nitrogens with zero attached hydrogens (tertiary/aromatic N) is 2. The molecule has 0 radical (unpaired) electrons. The van der Waals surface area contributed by atoms with E-state index in [1.54, 1.807) is 13.0 Å². The van der Waals surface area contributed by atoms with E-state index in [4.69, 9.17) is 0 Å². The van der Waals surface area contributed by atoms with Gasteiger partial charge in [-0.3, -0.25) is 4.98 Å². The summed E-state index contributed by atoms with van der Waals surface area (Å²) in [5.74, 6) is -0.302. The highest BCUT2D eigenvalue weighted by Crippen LogP contribution is 2.29. The normalized spacial score (nSPS) is 11.8. The number of phenols is 2.